The van der Waals surface area contributed by atoms with E-state index in [1.807, 2.05) is 11.1 Å². The van der Waals surface area contributed by atoms with E-state index in [1.54, 1.807) is 0 Å². The van der Waals surface area contributed by atoms with Crippen molar-refractivity contribution in [3.8, 4) is 0 Å². The maximum Gasteiger partial charge on any atom is 0.245 e. The Morgan fingerprint density at radius 2 is 2.50 bits per heavy atom. The first-order chi connectivity index (χ1) is 4.86. The lowest BCUT2D eigenvalue weighted by molar-refractivity contribution is -0.118. The molecule has 4 nitrogen and oxygen atoms in total. The van der Waals surface area contributed by atoms with Crippen molar-refractivity contribution in [1.29, 1.82) is 0 Å². The van der Waals surface area contributed by atoms with Crippen molar-refractivity contribution >= 4 is 5.91 Å². The van der Waals surface area contributed by atoms with E-state index in [0.717, 1.165) is 18.9 Å². The molecule has 0 atom stereocenters. The molecule has 54 valence electrons. The summed E-state index contributed by atoms with van der Waals surface area (Å²) in [6, 6.07) is 0. The lowest BCUT2D eigenvalue weighted by atomic mass is 10.4. The lowest BCUT2D eigenvalue weighted by Crippen LogP contribution is -2.34. The van der Waals surface area contributed by atoms with E-state index in [-0.39, 0.29) is 5.91 Å². The standard InChI is InChI=1S/C6H9N3O/c10-6-4-9-2-1-7-3-5(9)8-6/h3,7H,1-2,4H2,(H,8,10). The number of nitrogens with zero attached hydrogens (tertiary/aromatic N) is 1. The van der Waals surface area contributed by atoms with Crippen LogP contribution in [0.25, 0.3) is 0 Å². The summed E-state index contributed by atoms with van der Waals surface area (Å²) < 4.78 is 0. The van der Waals surface area contributed by atoms with Gasteiger partial charge in [-0.15, -0.1) is 0 Å². The third-order valence-corrected chi connectivity index (χ3v) is 1.71. The van der Waals surface area contributed by atoms with Gasteiger partial charge in [-0.3, -0.25) is 4.79 Å². The SMILES string of the molecule is O=C1CN2CCNC=C2N1. The smallest absolute Gasteiger partial charge is 0.245 e. The second-order valence-electron chi connectivity index (χ2n) is 2.45. The van der Waals surface area contributed by atoms with Crippen LogP contribution in [0.3, 0.4) is 0 Å². The fourth-order valence-electron chi connectivity index (χ4n) is 1.22. The zero-order chi connectivity index (χ0) is 6.97. The second-order valence-corrected chi connectivity index (χ2v) is 2.45. The van der Waals surface area contributed by atoms with E-state index in [0.29, 0.717) is 6.54 Å². The van der Waals surface area contributed by atoms with Gasteiger partial charge < -0.3 is 15.5 Å². The first-order valence-electron chi connectivity index (χ1n) is 3.34. The van der Waals surface area contributed by atoms with Crippen molar-refractivity contribution in [2.75, 3.05) is 19.6 Å². The van der Waals surface area contributed by atoms with Crippen LogP contribution in [0, 0.1) is 0 Å². The highest BCUT2D eigenvalue weighted by Crippen LogP contribution is 2.08. The van der Waals surface area contributed by atoms with Gasteiger partial charge in [0, 0.05) is 19.3 Å². The largest absolute Gasteiger partial charge is 0.386 e. The summed E-state index contributed by atoms with van der Waals surface area (Å²) in [6.45, 7) is 2.37. The predicted molar refractivity (Wildman–Crippen MR) is 35.8 cm³/mol. The number of carbonyl (C=O) groups is 1. The Morgan fingerprint density at radius 3 is 3.30 bits per heavy atom. The van der Waals surface area contributed by atoms with Gasteiger partial charge in [-0.25, -0.2) is 0 Å². The molecule has 0 unspecified atom stereocenters. The molecule has 2 heterocycles. The molecule has 2 aliphatic rings. The number of rotatable bonds is 0. The van der Waals surface area contributed by atoms with E-state index >= 15 is 0 Å². The zero-order valence-corrected chi connectivity index (χ0v) is 5.55. The summed E-state index contributed by atoms with van der Waals surface area (Å²) in [5, 5.41) is 5.80. The molecule has 1 amide bonds. The van der Waals surface area contributed by atoms with Crippen molar-refractivity contribution in [2.24, 2.45) is 0 Å². The van der Waals surface area contributed by atoms with Crippen LogP contribution in [0.2, 0.25) is 0 Å². The van der Waals surface area contributed by atoms with Gasteiger partial charge in [-0.05, 0) is 0 Å². The number of amides is 1. The Kier molecular flexibility index (Phi) is 1.06. The monoisotopic (exact) mass is 139 g/mol. The van der Waals surface area contributed by atoms with Gasteiger partial charge in [0.1, 0.15) is 5.82 Å². The molecule has 2 rings (SSSR count). The maximum absolute atomic E-state index is 10.8. The maximum atomic E-state index is 10.8. The van der Waals surface area contributed by atoms with Gasteiger partial charge in [0.15, 0.2) is 0 Å². The Labute approximate surface area is 58.9 Å². The lowest BCUT2D eigenvalue weighted by Gasteiger charge is -2.21. The molecule has 0 aliphatic carbocycles. The van der Waals surface area contributed by atoms with Crippen LogP contribution in [0.15, 0.2) is 12.0 Å². The van der Waals surface area contributed by atoms with Crippen LogP contribution < -0.4 is 10.6 Å². The van der Waals surface area contributed by atoms with Crippen molar-refractivity contribution in [3.63, 3.8) is 0 Å². The minimum atomic E-state index is 0.0925. The zero-order valence-electron chi connectivity index (χ0n) is 5.55. The summed E-state index contributed by atoms with van der Waals surface area (Å²) in [7, 11) is 0. The molecule has 0 saturated carbocycles. The quantitative estimate of drug-likeness (QED) is 0.444. The van der Waals surface area contributed by atoms with Gasteiger partial charge in [-0.2, -0.15) is 0 Å². The normalized spacial score (nSPS) is 23.0. The summed E-state index contributed by atoms with van der Waals surface area (Å²) in [5.41, 5.74) is 0. The highest BCUT2D eigenvalue weighted by atomic mass is 16.2. The molecule has 0 aromatic heterocycles. The topological polar surface area (TPSA) is 44.4 Å². The first-order valence-corrected chi connectivity index (χ1v) is 3.34. The van der Waals surface area contributed by atoms with Crippen LogP contribution in [-0.2, 0) is 4.79 Å². The second kappa shape index (κ2) is 1.90. The number of fused-ring (bicyclic) bond motifs is 1. The van der Waals surface area contributed by atoms with E-state index in [9.17, 15) is 4.79 Å². The molecule has 10 heavy (non-hydrogen) atoms. The van der Waals surface area contributed by atoms with Crippen molar-refractivity contribution in [3.05, 3.63) is 12.0 Å². The van der Waals surface area contributed by atoms with E-state index in [4.69, 9.17) is 0 Å². The fraction of sp³-hybridized carbons (Fsp3) is 0.500. The Hall–Kier alpha value is -1.19. The molecule has 0 radical (unpaired) electrons. The molecule has 1 fully saturated rings. The minimum absolute atomic E-state index is 0.0925. The van der Waals surface area contributed by atoms with Gasteiger partial charge >= 0.3 is 0 Å². The molecular formula is C6H9N3O. The molecular weight excluding hydrogens is 130 g/mol. The minimum Gasteiger partial charge on any atom is -0.386 e. The average Bonchev–Trinajstić information content (AvgIpc) is 2.27. The van der Waals surface area contributed by atoms with Crippen LogP contribution >= 0.6 is 0 Å². The van der Waals surface area contributed by atoms with Gasteiger partial charge in [0.2, 0.25) is 5.91 Å². The Morgan fingerprint density at radius 1 is 1.60 bits per heavy atom. The Bertz CT molecular complexity index is 199. The average molecular weight is 139 g/mol. The molecule has 1 saturated heterocycles. The molecule has 2 aliphatic heterocycles. The third-order valence-electron chi connectivity index (χ3n) is 1.71. The molecule has 4 heteroatoms. The molecule has 2 N–H and O–H groups in total. The van der Waals surface area contributed by atoms with Crippen molar-refractivity contribution in [2.45, 2.75) is 0 Å². The van der Waals surface area contributed by atoms with Crippen LogP contribution in [0.1, 0.15) is 0 Å². The first kappa shape index (κ1) is 5.58. The molecule has 0 aromatic rings. The number of nitrogens with one attached hydrogen (secondary N) is 2. The van der Waals surface area contributed by atoms with E-state index in [2.05, 4.69) is 10.6 Å². The van der Waals surface area contributed by atoms with Gasteiger partial charge in [-0.1, -0.05) is 0 Å². The predicted octanol–water partition coefficient (Wildman–Crippen LogP) is -1.18. The van der Waals surface area contributed by atoms with Crippen LogP contribution in [0.5, 0.6) is 0 Å². The summed E-state index contributed by atoms with van der Waals surface area (Å²) >= 11 is 0. The fourth-order valence-corrected chi connectivity index (χ4v) is 1.22. The molecule has 0 bridgehead atoms. The van der Waals surface area contributed by atoms with Gasteiger partial charge in [0.05, 0.1) is 6.54 Å². The van der Waals surface area contributed by atoms with E-state index in [1.165, 1.54) is 0 Å². The summed E-state index contributed by atoms with van der Waals surface area (Å²) in [4.78, 5) is 12.8. The highest BCUT2D eigenvalue weighted by molar-refractivity contribution is 5.82. The van der Waals surface area contributed by atoms with Crippen LogP contribution in [-0.4, -0.2) is 30.4 Å². The number of hydrogen-bond donors (Lipinski definition) is 2. The summed E-state index contributed by atoms with van der Waals surface area (Å²) in [6.07, 6.45) is 1.84. The molecule has 0 aromatic carbocycles. The summed E-state index contributed by atoms with van der Waals surface area (Å²) in [5.74, 6) is 1.01. The van der Waals surface area contributed by atoms with Gasteiger partial charge in [0.25, 0.3) is 0 Å². The molecule has 0 spiro atoms. The van der Waals surface area contributed by atoms with Crippen LogP contribution in [0.4, 0.5) is 0 Å². The number of hydrogen-bond acceptors (Lipinski definition) is 3. The number of carbonyl (C=O) groups excluding carboxylic acids is 1. The third kappa shape index (κ3) is 0.725. The van der Waals surface area contributed by atoms with Crippen molar-refractivity contribution < 1.29 is 4.79 Å². The van der Waals surface area contributed by atoms with E-state index < -0.39 is 0 Å². The Balaban J connectivity index is 2.20. The highest BCUT2D eigenvalue weighted by Gasteiger charge is 2.24. The van der Waals surface area contributed by atoms with Crippen molar-refractivity contribution in [1.82, 2.24) is 15.5 Å².